The second-order valence-electron chi connectivity index (χ2n) is 5.95. The van der Waals surface area contributed by atoms with Crippen molar-refractivity contribution >= 4 is 35.3 Å². The van der Waals surface area contributed by atoms with Gasteiger partial charge in [-0.05, 0) is 42.0 Å². The molecule has 7 heteroatoms. The largest absolute Gasteiger partial charge is 0.407 e. The van der Waals surface area contributed by atoms with E-state index in [4.69, 9.17) is 16.0 Å². The van der Waals surface area contributed by atoms with Gasteiger partial charge in [-0.3, -0.25) is 10.1 Å². The molecular weight excluding hydrogens is 370 g/mol. The van der Waals surface area contributed by atoms with E-state index in [1.165, 1.54) is 4.90 Å². The lowest BCUT2D eigenvalue weighted by atomic mass is 10.1. The number of amides is 1. The van der Waals surface area contributed by atoms with Gasteiger partial charge in [-0.15, -0.1) is 16.9 Å². The summed E-state index contributed by atoms with van der Waals surface area (Å²) in [6.07, 6.45) is 0.510. The molecule has 3 aromatic rings. The molecule has 0 unspecified atom stereocenters. The monoisotopic (exact) mass is 387 g/mol. The lowest BCUT2D eigenvalue weighted by Crippen LogP contribution is -2.11. The minimum Gasteiger partial charge on any atom is -0.407 e. The minimum atomic E-state index is -0.327. The van der Waals surface area contributed by atoms with Crippen LogP contribution in [0.4, 0.5) is 6.01 Å². The van der Waals surface area contributed by atoms with Crippen molar-refractivity contribution in [2.45, 2.75) is 30.4 Å². The van der Waals surface area contributed by atoms with Gasteiger partial charge in [0.15, 0.2) is 0 Å². The van der Waals surface area contributed by atoms with Crippen molar-refractivity contribution in [1.82, 2.24) is 10.2 Å². The fourth-order valence-electron chi connectivity index (χ4n) is 2.28. The lowest BCUT2D eigenvalue weighted by Gasteiger charge is -2.05. The topological polar surface area (TPSA) is 68.0 Å². The Bertz CT molecular complexity index is 877. The first-order chi connectivity index (χ1) is 12.5. The number of hydrogen-bond acceptors (Lipinski definition) is 5. The quantitative estimate of drug-likeness (QED) is 0.598. The summed E-state index contributed by atoms with van der Waals surface area (Å²) in [4.78, 5) is 13.4. The normalized spacial score (nSPS) is 10.9. The van der Waals surface area contributed by atoms with Crippen molar-refractivity contribution < 1.29 is 9.21 Å². The van der Waals surface area contributed by atoms with Gasteiger partial charge in [0.05, 0.1) is 6.42 Å². The predicted octanol–water partition coefficient (Wildman–Crippen LogP) is 5.07. The molecule has 0 aliphatic carbocycles. The third-order valence-electron chi connectivity index (χ3n) is 3.44. The number of nitrogens with zero attached hydrogens (tertiary/aromatic N) is 2. The van der Waals surface area contributed by atoms with Gasteiger partial charge in [-0.25, -0.2) is 0 Å². The van der Waals surface area contributed by atoms with E-state index in [9.17, 15) is 4.79 Å². The molecule has 0 spiro atoms. The number of halogens is 1. The molecule has 0 fully saturated rings. The van der Waals surface area contributed by atoms with Crippen molar-refractivity contribution in [1.29, 1.82) is 0 Å². The zero-order valence-corrected chi connectivity index (χ0v) is 16.0. The summed E-state index contributed by atoms with van der Waals surface area (Å²) in [5.41, 5.74) is 1.53. The number of benzene rings is 2. The average molecular weight is 388 g/mol. The number of hydrogen-bond donors (Lipinski definition) is 1. The van der Waals surface area contributed by atoms with Crippen LogP contribution in [0.15, 0.2) is 57.8 Å². The van der Waals surface area contributed by atoms with Gasteiger partial charge in [0.25, 0.3) is 5.91 Å². The van der Waals surface area contributed by atoms with E-state index < -0.39 is 0 Å². The molecule has 0 saturated heterocycles. The Labute approximate surface area is 161 Å². The Balaban J connectivity index is 1.60. The molecule has 3 rings (SSSR count). The molecule has 1 amide bonds. The van der Waals surface area contributed by atoms with Crippen molar-refractivity contribution in [3.05, 3.63) is 70.6 Å². The maximum absolute atomic E-state index is 12.1. The Morgan fingerprint density at radius 2 is 1.81 bits per heavy atom. The molecule has 134 valence electrons. The van der Waals surface area contributed by atoms with Crippen LogP contribution >= 0.6 is 23.4 Å². The molecule has 0 radical (unpaired) electrons. The first-order valence-electron chi connectivity index (χ1n) is 8.14. The molecule has 5 nitrogen and oxygen atoms in total. The maximum Gasteiger partial charge on any atom is 0.322 e. The van der Waals surface area contributed by atoms with Crippen LogP contribution in [0.25, 0.3) is 0 Å². The fourth-order valence-corrected chi connectivity index (χ4v) is 3.24. The zero-order chi connectivity index (χ0) is 18.5. The molecule has 1 aromatic heterocycles. The SMILES string of the molecule is CC(C)Sc1ccc(Cc2nnc(NC(=O)c3ccc(Cl)cc3)o2)cc1. The zero-order valence-electron chi connectivity index (χ0n) is 14.4. The van der Waals surface area contributed by atoms with Gasteiger partial charge in [0, 0.05) is 20.7 Å². The summed E-state index contributed by atoms with van der Waals surface area (Å²) in [5.74, 6) is 0.118. The fraction of sp³-hybridized carbons (Fsp3) is 0.211. The van der Waals surface area contributed by atoms with Crippen LogP contribution in [0.2, 0.25) is 5.02 Å². The average Bonchev–Trinajstić information content (AvgIpc) is 3.03. The second kappa shape index (κ2) is 8.38. The van der Waals surface area contributed by atoms with Gasteiger partial charge in [-0.2, -0.15) is 0 Å². The summed E-state index contributed by atoms with van der Waals surface area (Å²) < 4.78 is 5.51. The number of rotatable bonds is 6. The van der Waals surface area contributed by atoms with Crippen LogP contribution in [0.5, 0.6) is 0 Å². The van der Waals surface area contributed by atoms with Crippen molar-refractivity contribution in [3.63, 3.8) is 0 Å². The molecule has 1 heterocycles. The van der Waals surface area contributed by atoms with E-state index in [1.54, 1.807) is 24.3 Å². The van der Waals surface area contributed by atoms with Crippen molar-refractivity contribution in [2.24, 2.45) is 0 Å². The third-order valence-corrected chi connectivity index (χ3v) is 4.71. The standard InChI is InChI=1S/C19H18ClN3O2S/c1-12(2)26-16-9-3-13(4-10-16)11-17-22-23-19(25-17)21-18(24)14-5-7-15(20)8-6-14/h3-10,12H,11H2,1-2H3,(H,21,23,24). The highest BCUT2D eigenvalue weighted by Gasteiger charge is 2.12. The minimum absolute atomic E-state index is 0.0759. The van der Waals surface area contributed by atoms with Crippen LogP contribution in [0.3, 0.4) is 0 Å². The molecule has 2 aromatic carbocycles. The molecule has 26 heavy (non-hydrogen) atoms. The summed E-state index contributed by atoms with van der Waals surface area (Å²) in [6, 6.07) is 14.9. The smallest absolute Gasteiger partial charge is 0.322 e. The van der Waals surface area contributed by atoms with Crippen LogP contribution in [-0.2, 0) is 6.42 Å². The molecule has 0 aliphatic rings. The third kappa shape index (κ3) is 5.09. The Kier molecular flexibility index (Phi) is 5.96. The van der Waals surface area contributed by atoms with Gasteiger partial charge >= 0.3 is 6.01 Å². The van der Waals surface area contributed by atoms with Gasteiger partial charge < -0.3 is 4.42 Å². The number of thioether (sulfide) groups is 1. The summed E-state index contributed by atoms with van der Waals surface area (Å²) in [6.45, 7) is 4.33. The van der Waals surface area contributed by atoms with E-state index >= 15 is 0 Å². The van der Waals surface area contributed by atoms with E-state index in [0.717, 1.165) is 5.56 Å². The van der Waals surface area contributed by atoms with E-state index in [0.29, 0.717) is 28.1 Å². The van der Waals surface area contributed by atoms with Gasteiger partial charge in [0.1, 0.15) is 0 Å². The van der Waals surface area contributed by atoms with Crippen molar-refractivity contribution in [2.75, 3.05) is 5.32 Å². The highest BCUT2D eigenvalue weighted by Crippen LogP contribution is 2.23. The lowest BCUT2D eigenvalue weighted by molar-refractivity contribution is 0.102. The molecule has 0 saturated carbocycles. The van der Waals surface area contributed by atoms with Crippen LogP contribution in [0, 0.1) is 0 Å². The molecule has 0 bridgehead atoms. The molecule has 0 aliphatic heterocycles. The van der Waals surface area contributed by atoms with Crippen LogP contribution in [-0.4, -0.2) is 21.4 Å². The van der Waals surface area contributed by atoms with Crippen LogP contribution in [0.1, 0.15) is 35.7 Å². The number of nitrogens with one attached hydrogen (secondary N) is 1. The molecule has 0 atom stereocenters. The second-order valence-corrected chi connectivity index (χ2v) is 8.04. The van der Waals surface area contributed by atoms with Gasteiger partial charge in [-0.1, -0.05) is 42.7 Å². The Morgan fingerprint density at radius 1 is 1.12 bits per heavy atom. The first kappa shape index (κ1) is 18.5. The Morgan fingerprint density at radius 3 is 2.46 bits per heavy atom. The van der Waals surface area contributed by atoms with Crippen LogP contribution < -0.4 is 5.32 Å². The van der Waals surface area contributed by atoms with E-state index in [-0.39, 0.29) is 11.9 Å². The highest BCUT2D eigenvalue weighted by molar-refractivity contribution is 7.99. The van der Waals surface area contributed by atoms with Gasteiger partial charge in [0.2, 0.25) is 5.89 Å². The number of anilines is 1. The van der Waals surface area contributed by atoms with E-state index in [2.05, 4.69) is 41.5 Å². The molecular formula is C19H18ClN3O2S. The molecule has 1 N–H and O–H groups in total. The van der Waals surface area contributed by atoms with E-state index in [1.807, 2.05) is 23.9 Å². The number of carbonyl (C=O) groups is 1. The predicted molar refractivity (Wildman–Crippen MR) is 104 cm³/mol. The highest BCUT2D eigenvalue weighted by atomic mass is 35.5. The maximum atomic E-state index is 12.1. The first-order valence-corrected chi connectivity index (χ1v) is 9.40. The summed E-state index contributed by atoms with van der Waals surface area (Å²) in [5, 5.41) is 11.6. The van der Waals surface area contributed by atoms with Crippen molar-refractivity contribution in [3.8, 4) is 0 Å². The number of carbonyl (C=O) groups excluding carboxylic acids is 1. The Hall–Kier alpha value is -2.31. The number of aromatic nitrogens is 2. The summed E-state index contributed by atoms with van der Waals surface area (Å²) in [7, 11) is 0. The summed E-state index contributed by atoms with van der Waals surface area (Å²) >= 11 is 7.63.